The van der Waals surface area contributed by atoms with Crippen molar-refractivity contribution in [3.8, 4) is 11.5 Å². The number of Topliss-reactive ketones (excluding diaryl/α,β-unsaturated/α-hetero) is 1. The lowest BCUT2D eigenvalue weighted by Gasteiger charge is -2.17. The minimum Gasteiger partial charge on any atom is -0.493 e. The van der Waals surface area contributed by atoms with Gasteiger partial charge in [0.15, 0.2) is 22.2 Å². The van der Waals surface area contributed by atoms with Crippen LogP contribution in [0.2, 0.25) is 0 Å². The molecule has 3 nitrogen and oxygen atoms in total. The summed E-state index contributed by atoms with van der Waals surface area (Å²) in [5.41, 5.74) is 0.819. The van der Waals surface area contributed by atoms with Gasteiger partial charge in [-0.2, -0.15) is 0 Å². The maximum atomic E-state index is 11.9. The maximum Gasteiger partial charge on any atom is 0.172 e. The quantitative estimate of drug-likeness (QED) is 0.775. The Balaban J connectivity index is 2.56. The summed E-state index contributed by atoms with van der Waals surface area (Å²) in [5, 5.41) is 0. The molecule has 17 heavy (non-hydrogen) atoms. The van der Waals surface area contributed by atoms with E-state index < -0.39 is 0 Å². The van der Waals surface area contributed by atoms with Crippen LogP contribution in [-0.2, 0) is 10.9 Å². The number of rotatable bonds is 3. The summed E-state index contributed by atoms with van der Waals surface area (Å²) in [4.78, 5) is 13.1. The van der Waals surface area contributed by atoms with E-state index in [1.165, 1.54) is 0 Å². The second-order valence-corrected chi connectivity index (χ2v) is 6.27. The van der Waals surface area contributed by atoms with Gasteiger partial charge in [0.2, 0.25) is 0 Å². The second-order valence-electron chi connectivity index (χ2n) is 3.86. The number of ether oxygens (including phenoxy) is 2. The van der Waals surface area contributed by atoms with E-state index in [1.807, 2.05) is 12.1 Å². The van der Waals surface area contributed by atoms with Crippen molar-refractivity contribution in [1.29, 1.82) is 0 Å². The number of hydrogen-bond donors (Lipinski definition) is 0. The monoisotopic (exact) mass is 253 g/mol. The van der Waals surface area contributed by atoms with Crippen molar-refractivity contribution in [2.24, 2.45) is 0 Å². The topological polar surface area (TPSA) is 35.5 Å². The Kier molecular flexibility index (Phi) is 3.62. The van der Waals surface area contributed by atoms with Crippen molar-refractivity contribution in [3.63, 3.8) is 0 Å². The molecule has 92 valence electrons. The average molecular weight is 253 g/mol. The van der Waals surface area contributed by atoms with Crippen molar-refractivity contribution in [1.82, 2.24) is 0 Å². The van der Waals surface area contributed by atoms with Gasteiger partial charge in [-0.1, -0.05) is 0 Å². The zero-order chi connectivity index (χ0) is 12.4. The van der Waals surface area contributed by atoms with Crippen LogP contribution in [0.5, 0.6) is 11.5 Å². The molecule has 0 fully saturated rings. The van der Waals surface area contributed by atoms with Crippen molar-refractivity contribution >= 4 is 16.7 Å². The predicted octanol–water partition coefficient (Wildman–Crippen LogP) is 2.29. The summed E-state index contributed by atoms with van der Waals surface area (Å²) in [6.07, 6.45) is 0.652. The first-order chi connectivity index (χ1) is 8.21. The van der Waals surface area contributed by atoms with Crippen LogP contribution in [0.4, 0.5) is 0 Å². The van der Waals surface area contributed by atoms with Crippen molar-refractivity contribution < 1.29 is 14.3 Å². The third-order valence-electron chi connectivity index (χ3n) is 3.02. The zero-order valence-electron chi connectivity index (χ0n) is 10.4. The molecule has 1 aliphatic rings. The van der Waals surface area contributed by atoms with Gasteiger partial charge in [-0.3, -0.25) is 4.79 Å². The van der Waals surface area contributed by atoms with Gasteiger partial charge in [-0.15, -0.1) is 0 Å². The first-order valence-corrected chi connectivity index (χ1v) is 7.24. The van der Waals surface area contributed by atoms with Crippen LogP contribution in [0.1, 0.15) is 23.7 Å². The summed E-state index contributed by atoms with van der Waals surface area (Å²) in [7, 11) is 3.39. The fourth-order valence-corrected chi connectivity index (χ4v) is 4.09. The molecule has 0 spiro atoms. The number of methoxy groups -OCH3 is 2. The van der Waals surface area contributed by atoms with Crippen LogP contribution in [0.25, 0.3) is 0 Å². The van der Waals surface area contributed by atoms with Gasteiger partial charge < -0.3 is 9.47 Å². The lowest BCUT2D eigenvalue weighted by Crippen LogP contribution is -2.23. The van der Waals surface area contributed by atoms with E-state index in [0.717, 1.165) is 22.0 Å². The molecule has 0 aliphatic carbocycles. The molecule has 0 amide bonds. The van der Waals surface area contributed by atoms with E-state index >= 15 is 0 Å². The Morgan fingerprint density at radius 1 is 1.24 bits per heavy atom. The average Bonchev–Trinajstić information content (AvgIpc) is 2.38. The summed E-state index contributed by atoms with van der Waals surface area (Å²) < 4.78 is 10.5. The molecule has 0 saturated carbocycles. The molecular weight excluding hydrogens is 236 g/mol. The predicted molar refractivity (Wildman–Crippen MR) is 69.5 cm³/mol. The highest BCUT2D eigenvalue weighted by Gasteiger charge is 2.34. The van der Waals surface area contributed by atoms with Crippen molar-refractivity contribution in [2.75, 3.05) is 25.7 Å². The molecule has 1 aromatic rings. The van der Waals surface area contributed by atoms with Gasteiger partial charge in [0, 0.05) is 17.0 Å². The molecule has 4 heteroatoms. The molecule has 2 rings (SSSR count). The molecule has 1 unspecified atom stereocenters. The number of fused-ring (bicyclic) bond motifs is 1. The van der Waals surface area contributed by atoms with E-state index in [2.05, 4.69) is 6.92 Å². The van der Waals surface area contributed by atoms with E-state index in [-0.39, 0.29) is 16.7 Å². The summed E-state index contributed by atoms with van der Waals surface area (Å²) >= 11 is 0. The van der Waals surface area contributed by atoms with Gasteiger partial charge in [0.05, 0.1) is 26.2 Å². The van der Waals surface area contributed by atoms with Gasteiger partial charge in [0.25, 0.3) is 0 Å². The number of hydrogen-bond acceptors (Lipinski definition) is 3. The lowest BCUT2D eigenvalue weighted by molar-refractivity contribution is 0.0984. The molecule has 0 saturated heterocycles. The van der Waals surface area contributed by atoms with E-state index in [0.29, 0.717) is 17.9 Å². The lowest BCUT2D eigenvalue weighted by atomic mass is 10.1. The summed E-state index contributed by atoms with van der Waals surface area (Å²) in [5.74, 6) is 3.62. The molecule has 1 atom stereocenters. The second kappa shape index (κ2) is 5.00. The third-order valence-corrected chi connectivity index (χ3v) is 5.37. The molecule has 0 N–H and O–H groups in total. The zero-order valence-corrected chi connectivity index (χ0v) is 11.2. The van der Waals surface area contributed by atoms with Crippen LogP contribution < -0.4 is 9.47 Å². The Bertz CT molecular complexity index is 443. The highest BCUT2D eigenvalue weighted by molar-refractivity contribution is 7.97. The Labute approximate surface area is 104 Å². The van der Waals surface area contributed by atoms with E-state index in [4.69, 9.17) is 9.47 Å². The smallest absolute Gasteiger partial charge is 0.172 e. The third kappa shape index (κ3) is 2.14. The van der Waals surface area contributed by atoms with Gasteiger partial charge in [-0.25, -0.2) is 0 Å². The minimum absolute atomic E-state index is 0.174. The van der Waals surface area contributed by atoms with E-state index in [1.54, 1.807) is 14.2 Å². The van der Waals surface area contributed by atoms with Crippen molar-refractivity contribution in [3.05, 3.63) is 17.7 Å². The molecule has 1 aliphatic heterocycles. The summed E-state index contributed by atoms with van der Waals surface area (Å²) in [6.45, 7) is 2.17. The van der Waals surface area contributed by atoms with Crippen LogP contribution in [0, 0.1) is 0 Å². The van der Waals surface area contributed by atoms with Crippen molar-refractivity contribution in [2.45, 2.75) is 18.2 Å². The molecule has 0 bridgehead atoms. The van der Waals surface area contributed by atoms with Crippen LogP contribution in [0.3, 0.4) is 0 Å². The highest BCUT2D eigenvalue weighted by Crippen LogP contribution is 2.36. The number of carbonyl (C=O) groups excluding carboxylic acids is 1. The fraction of sp³-hybridized carbons (Fsp3) is 0.462. The van der Waals surface area contributed by atoms with Crippen LogP contribution >= 0.6 is 0 Å². The molecule has 0 aromatic heterocycles. The normalized spacial score (nSPS) is 18.8. The van der Waals surface area contributed by atoms with Crippen LogP contribution in [-0.4, -0.2) is 31.5 Å². The van der Waals surface area contributed by atoms with Crippen LogP contribution in [0.15, 0.2) is 17.0 Å². The minimum atomic E-state index is 0.174. The maximum absolute atomic E-state index is 11.9. The molecule has 1 heterocycles. The first kappa shape index (κ1) is 12.3. The number of ketones is 1. The van der Waals surface area contributed by atoms with E-state index in [9.17, 15) is 4.79 Å². The largest absolute Gasteiger partial charge is 0.493 e. The van der Waals surface area contributed by atoms with Gasteiger partial charge in [-0.05, 0) is 13.0 Å². The SMILES string of the molecule is CC[S+]1CCC(=O)c2cc(OC)c(OC)cc21. The number of carbonyl (C=O) groups is 1. The van der Waals surface area contributed by atoms with Gasteiger partial charge in [0.1, 0.15) is 11.5 Å². The Hall–Kier alpha value is -1.16. The molecule has 0 radical (unpaired) electrons. The highest BCUT2D eigenvalue weighted by atomic mass is 32.2. The summed E-state index contributed by atoms with van der Waals surface area (Å²) in [6, 6.07) is 3.79. The van der Waals surface area contributed by atoms with Gasteiger partial charge >= 0.3 is 0 Å². The fourth-order valence-electron chi connectivity index (χ4n) is 2.08. The molecular formula is C13H17O3S+. The standard InChI is InChI=1S/C13H17O3S/c1-4-17-6-5-10(14)9-7-11(15-2)12(16-3)8-13(9)17/h7-8H,4-6H2,1-3H3/q+1. The Morgan fingerprint density at radius 2 is 1.88 bits per heavy atom. The number of benzene rings is 1. The molecule has 1 aromatic carbocycles. The first-order valence-electron chi connectivity index (χ1n) is 5.68. The Morgan fingerprint density at radius 3 is 2.47 bits per heavy atom.